The minimum Gasteiger partial charge on any atom is -0.389 e. The first-order valence-corrected chi connectivity index (χ1v) is 7.66. The number of aryl methyl sites for hydroxylation is 1. The zero-order valence-corrected chi connectivity index (χ0v) is 13.7. The molecule has 0 saturated carbocycles. The van der Waals surface area contributed by atoms with Gasteiger partial charge < -0.3 is 11.1 Å². The molecule has 0 atom stereocenters. The van der Waals surface area contributed by atoms with Gasteiger partial charge in [0, 0.05) is 22.3 Å². The normalized spacial score (nSPS) is 10.3. The van der Waals surface area contributed by atoms with Crippen LogP contribution in [0.3, 0.4) is 0 Å². The summed E-state index contributed by atoms with van der Waals surface area (Å²) in [6.45, 7) is 2.95. The van der Waals surface area contributed by atoms with Gasteiger partial charge in [-0.15, -0.1) is 0 Å². The Morgan fingerprint density at radius 2 is 2.00 bits per heavy atom. The van der Waals surface area contributed by atoms with Gasteiger partial charge in [-0.1, -0.05) is 48.1 Å². The summed E-state index contributed by atoms with van der Waals surface area (Å²) >= 11 is 8.59. The molecule has 2 rings (SSSR count). The van der Waals surface area contributed by atoms with Crippen LogP contribution in [-0.2, 0) is 6.42 Å². The van der Waals surface area contributed by atoms with E-state index in [2.05, 4.69) is 52.4 Å². The molecule has 0 saturated heterocycles. The van der Waals surface area contributed by atoms with Crippen molar-refractivity contribution in [2.24, 2.45) is 5.73 Å². The first kappa shape index (κ1) is 15.0. The number of nitrogens with two attached hydrogens (primary N) is 1. The lowest BCUT2D eigenvalue weighted by atomic mass is 10.1. The SMILES string of the molecule is Cc1cccc(CCNc2cccc(Br)c2C(N)=S)c1. The zero-order chi connectivity index (χ0) is 14.5. The number of halogens is 1. The summed E-state index contributed by atoms with van der Waals surface area (Å²) in [6, 6.07) is 14.5. The molecule has 3 N–H and O–H groups in total. The van der Waals surface area contributed by atoms with Gasteiger partial charge in [0.05, 0.1) is 0 Å². The number of benzene rings is 2. The number of hydrogen-bond acceptors (Lipinski definition) is 2. The molecular formula is C16H17BrN2S. The summed E-state index contributed by atoms with van der Waals surface area (Å²) in [4.78, 5) is 0.399. The molecule has 0 unspecified atom stereocenters. The highest BCUT2D eigenvalue weighted by atomic mass is 79.9. The van der Waals surface area contributed by atoms with Crippen LogP contribution in [0, 0.1) is 6.92 Å². The topological polar surface area (TPSA) is 38.0 Å². The Morgan fingerprint density at radius 3 is 2.70 bits per heavy atom. The maximum Gasteiger partial charge on any atom is 0.107 e. The highest BCUT2D eigenvalue weighted by Gasteiger charge is 2.08. The van der Waals surface area contributed by atoms with E-state index in [1.54, 1.807) is 0 Å². The first-order valence-electron chi connectivity index (χ1n) is 6.45. The number of anilines is 1. The van der Waals surface area contributed by atoms with Crippen LogP contribution in [0.25, 0.3) is 0 Å². The van der Waals surface area contributed by atoms with Crippen LogP contribution < -0.4 is 11.1 Å². The Hall–Kier alpha value is -1.39. The molecule has 0 amide bonds. The first-order chi connectivity index (χ1) is 9.58. The van der Waals surface area contributed by atoms with Crippen molar-refractivity contribution in [2.45, 2.75) is 13.3 Å². The summed E-state index contributed by atoms with van der Waals surface area (Å²) in [5.41, 5.74) is 10.2. The van der Waals surface area contributed by atoms with E-state index in [9.17, 15) is 0 Å². The van der Waals surface area contributed by atoms with Crippen molar-refractivity contribution in [3.63, 3.8) is 0 Å². The zero-order valence-electron chi connectivity index (χ0n) is 11.3. The summed E-state index contributed by atoms with van der Waals surface area (Å²) < 4.78 is 0.922. The highest BCUT2D eigenvalue weighted by molar-refractivity contribution is 9.10. The van der Waals surface area contributed by atoms with Crippen molar-refractivity contribution in [3.05, 3.63) is 63.6 Å². The van der Waals surface area contributed by atoms with Crippen LogP contribution in [0.15, 0.2) is 46.9 Å². The second-order valence-electron chi connectivity index (χ2n) is 4.69. The molecule has 2 aromatic carbocycles. The Morgan fingerprint density at radius 1 is 1.25 bits per heavy atom. The van der Waals surface area contributed by atoms with Crippen LogP contribution in [0.4, 0.5) is 5.69 Å². The fourth-order valence-electron chi connectivity index (χ4n) is 2.13. The molecule has 0 aliphatic carbocycles. The van der Waals surface area contributed by atoms with Crippen molar-refractivity contribution in [1.82, 2.24) is 0 Å². The molecule has 0 aliphatic rings. The maximum atomic E-state index is 5.78. The number of hydrogen-bond donors (Lipinski definition) is 2. The Kier molecular flexibility index (Phi) is 5.15. The summed E-state index contributed by atoms with van der Waals surface area (Å²) in [6.07, 6.45) is 0.963. The lowest BCUT2D eigenvalue weighted by Gasteiger charge is -2.13. The molecule has 0 fully saturated rings. The van der Waals surface area contributed by atoms with Gasteiger partial charge in [0.15, 0.2) is 0 Å². The van der Waals surface area contributed by atoms with Gasteiger partial charge in [0.1, 0.15) is 4.99 Å². The average molecular weight is 349 g/mol. The van der Waals surface area contributed by atoms with Crippen LogP contribution in [0.2, 0.25) is 0 Å². The van der Waals surface area contributed by atoms with Crippen LogP contribution in [-0.4, -0.2) is 11.5 Å². The fourth-order valence-corrected chi connectivity index (χ4v) is 3.06. The standard InChI is InChI=1S/C16H17BrN2S/c1-11-4-2-5-12(10-11)8-9-19-14-7-3-6-13(17)15(14)16(18)20/h2-7,10,19H,8-9H2,1H3,(H2,18,20). The molecule has 20 heavy (non-hydrogen) atoms. The molecule has 2 aromatic rings. The molecule has 0 spiro atoms. The van der Waals surface area contributed by atoms with Crippen molar-refractivity contribution in [3.8, 4) is 0 Å². The largest absolute Gasteiger partial charge is 0.389 e. The number of rotatable bonds is 5. The van der Waals surface area contributed by atoms with E-state index in [0.717, 1.165) is 28.7 Å². The molecule has 0 radical (unpaired) electrons. The molecule has 4 heteroatoms. The molecule has 0 aliphatic heterocycles. The van der Waals surface area contributed by atoms with Crippen LogP contribution >= 0.6 is 28.1 Å². The minimum absolute atomic E-state index is 0.399. The van der Waals surface area contributed by atoms with E-state index in [1.807, 2.05) is 18.2 Å². The van der Waals surface area contributed by atoms with Crippen molar-refractivity contribution in [1.29, 1.82) is 0 Å². The lowest BCUT2D eigenvalue weighted by Crippen LogP contribution is -2.15. The smallest absolute Gasteiger partial charge is 0.107 e. The lowest BCUT2D eigenvalue weighted by molar-refractivity contribution is 1.02. The maximum absolute atomic E-state index is 5.78. The second-order valence-corrected chi connectivity index (χ2v) is 5.99. The van der Waals surface area contributed by atoms with E-state index < -0.39 is 0 Å². The van der Waals surface area contributed by atoms with Crippen molar-refractivity contribution >= 4 is 38.8 Å². The van der Waals surface area contributed by atoms with Gasteiger partial charge in [-0.25, -0.2) is 0 Å². The van der Waals surface area contributed by atoms with E-state index in [-0.39, 0.29) is 0 Å². The van der Waals surface area contributed by atoms with E-state index >= 15 is 0 Å². The quantitative estimate of drug-likeness (QED) is 0.800. The Bertz CT molecular complexity index is 626. The fraction of sp³-hybridized carbons (Fsp3) is 0.188. The van der Waals surface area contributed by atoms with Gasteiger partial charge >= 0.3 is 0 Å². The molecular weight excluding hydrogens is 332 g/mol. The monoisotopic (exact) mass is 348 g/mol. The van der Waals surface area contributed by atoms with E-state index in [0.29, 0.717) is 4.99 Å². The summed E-state index contributed by atoms with van der Waals surface area (Å²) in [7, 11) is 0. The number of thiocarbonyl (C=S) groups is 1. The number of nitrogens with one attached hydrogen (secondary N) is 1. The molecule has 0 heterocycles. The van der Waals surface area contributed by atoms with E-state index in [4.69, 9.17) is 18.0 Å². The molecule has 2 nitrogen and oxygen atoms in total. The Labute approximate surface area is 133 Å². The summed E-state index contributed by atoms with van der Waals surface area (Å²) in [5.74, 6) is 0. The van der Waals surface area contributed by atoms with Gasteiger partial charge in [-0.3, -0.25) is 0 Å². The van der Waals surface area contributed by atoms with Crippen LogP contribution in [0.1, 0.15) is 16.7 Å². The third-order valence-electron chi connectivity index (χ3n) is 3.07. The third-order valence-corrected chi connectivity index (χ3v) is 3.94. The minimum atomic E-state index is 0.399. The van der Waals surface area contributed by atoms with Gasteiger partial charge in [-0.2, -0.15) is 0 Å². The molecule has 0 bridgehead atoms. The highest BCUT2D eigenvalue weighted by Crippen LogP contribution is 2.24. The second kappa shape index (κ2) is 6.86. The average Bonchev–Trinajstić information content (AvgIpc) is 2.38. The molecule has 0 aromatic heterocycles. The predicted molar refractivity (Wildman–Crippen MR) is 93.4 cm³/mol. The van der Waals surface area contributed by atoms with Gasteiger partial charge in [0.25, 0.3) is 0 Å². The van der Waals surface area contributed by atoms with E-state index in [1.165, 1.54) is 11.1 Å². The third kappa shape index (κ3) is 3.81. The van der Waals surface area contributed by atoms with Crippen LogP contribution in [0.5, 0.6) is 0 Å². The predicted octanol–water partition coefficient (Wildman–Crippen LogP) is 4.05. The summed E-state index contributed by atoms with van der Waals surface area (Å²) in [5, 5.41) is 3.41. The van der Waals surface area contributed by atoms with Gasteiger partial charge in [0.2, 0.25) is 0 Å². The molecule has 104 valence electrons. The van der Waals surface area contributed by atoms with Crippen molar-refractivity contribution in [2.75, 3.05) is 11.9 Å². The Balaban J connectivity index is 2.05. The van der Waals surface area contributed by atoms with Crippen molar-refractivity contribution < 1.29 is 0 Å². The van der Waals surface area contributed by atoms with Gasteiger partial charge in [-0.05, 0) is 47.0 Å².